The van der Waals surface area contributed by atoms with Crippen molar-refractivity contribution in [1.29, 1.82) is 0 Å². The quantitative estimate of drug-likeness (QED) is 0.797. The first-order chi connectivity index (χ1) is 8.04. The van der Waals surface area contributed by atoms with E-state index in [2.05, 4.69) is 25.9 Å². The Hall–Kier alpha value is -0.0800. The molecule has 0 aromatic rings. The second kappa shape index (κ2) is 5.27. The summed E-state index contributed by atoms with van der Waals surface area (Å²) in [5.41, 5.74) is 0.0708. The first-order valence-corrected chi connectivity index (χ1v) is 7.40. The van der Waals surface area contributed by atoms with Crippen LogP contribution in [0.5, 0.6) is 0 Å². The Bertz CT molecular complexity index is 239. The van der Waals surface area contributed by atoms with Crippen LogP contribution in [0.3, 0.4) is 0 Å². The summed E-state index contributed by atoms with van der Waals surface area (Å²) in [6.07, 6.45) is 9.84. The maximum Gasteiger partial charge on any atom is 0.0723 e. The molecule has 100 valence electrons. The number of nitrogens with zero attached hydrogens (tertiary/aromatic N) is 1. The van der Waals surface area contributed by atoms with E-state index in [0.717, 1.165) is 18.3 Å². The molecule has 1 unspecified atom stereocenters. The van der Waals surface area contributed by atoms with Crippen LogP contribution in [0.15, 0.2) is 0 Å². The van der Waals surface area contributed by atoms with Gasteiger partial charge in [-0.1, -0.05) is 19.8 Å². The van der Waals surface area contributed by atoms with E-state index in [1.54, 1.807) is 0 Å². The summed E-state index contributed by atoms with van der Waals surface area (Å²) in [7, 11) is 4.30. The van der Waals surface area contributed by atoms with Crippen molar-refractivity contribution in [2.45, 2.75) is 69.9 Å². The van der Waals surface area contributed by atoms with Crippen LogP contribution in [-0.4, -0.2) is 35.7 Å². The fourth-order valence-electron chi connectivity index (χ4n) is 3.41. The number of aliphatic hydroxyl groups excluding tert-OH is 1. The summed E-state index contributed by atoms with van der Waals surface area (Å²) in [4.78, 5) is 2.30. The molecule has 0 aliphatic heterocycles. The maximum absolute atomic E-state index is 10.6. The number of hydrogen-bond acceptors (Lipinski definition) is 2. The normalized spacial score (nSPS) is 36.2. The molecule has 0 aromatic carbocycles. The van der Waals surface area contributed by atoms with Gasteiger partial charge in [-0.3, -0.25) is 0 Å². The zero-order chi connectivity index (χ0) is 12.5. The topological polar surface area (TPSA) is 23.5 Å². The van der Waals surface area contributed by atoms with Gasteiger partial charge in [0.1, 0.15) is 0 Å². The van der Waals surface area contributed by atoms with Crippen LogP contribution in [-0.2, 0) is 0 Å². The fourth-order valence-corrected chi connectivity index (χ4v) is 3.41. The molecule has 1 N–H and O–H groups in total. The summed E-state index contributed by atoms with van der Waals surface area (Å²) in [5.74, 6) is 1.78. The lowest BCUT2D eigenvalue weighted by Gasteiger charge is -2.48. The lowest BCUT2D eigenvalue weighted by Crippen LogP contribution is -2.55. The van der Waals surface area contributed by atoms with Gasteiger partial charge < -0.3 is 10.0 Å². The largest absolute Gasteiger partial charge is 0.391 e. The molecule has 0 aromatic heterocycles. The molecule has 2 rings (SSSR count). The molecular weight excluding hydrogens is 210 g/mol. The van der Waals surface area contributed by atoms with Gasteiger partial charge in [0.25, 0.3) is 0 Å². The van der Waals surface area contributed by atoms with Crippen molar-refractivity contribution < 1.29 is 5.11 Å². The molecule has 2 nitrogen and oxygen atoms in total. The van der Waals surface area contributed by atoms with Gasteiger partial charge in [-0.15, -0.1) is 0 Å². The van der Waals surface area contributed by atoms with Crippen molar-refractivity contribution in [1.82, 2.24) is 4.90 Å². The molecule has 2 aliphatic carbocycles. The molecule has 0 amide bonds. The number of rotatable bonds is 5. The van der Waals surface area contributed by atoms with Crippen molar-refractivity contribution in [3.8, 4) is 0 Å². The van der Waals surface area contributed by atoms with Gasteiger partial charge in [-0.2, -0.15) is 0 Å². The van der Waals surface area contributed by atoms with Crippen LogP contribution in [0.1, 0.15) is 58.3 Å². The molecule has 0 saturated heterocycles. The second-order valence-electron chi connectivity index (χ2n) is 6.72. The van der Waals surface area contributed by atoms with E-state index in [0.29, 0.717) is 0 Å². The average molecular weight is 239 g/mol. The Morgan fingerprint density at radius 3 is 2.24 bits per heavy atom. The van der Waals surface area contributed by atoms with E-state index in [1.165, 1.54) is 44.9 Å². The molecule has 0 heterocycles. The van der Waals surface area contributed by atoms with Gasteiger partial charge in [0, 0.05) is 5.54 Å². The highest BCUT2D eigenvalue weighted by molar-refractivity contribution is 4.98. The average Bonchev–Trinajstić information content (AvgIpc) is 3.10. The smallest absolute Gasteiger partial charge is 0.0723 e. The molecule has 17 heavy (non-hydrogen) atoms. The molecular formula is C15H29NO. The van der Waals surface area contributed by atoms with E-state index >= 15 is 0 Å². The zero-order valence-corrected chi connectivity index (χ0v) is 11.8. The van der Waals surface area contributed by atoms with E-state index in [9.17, 15) is 5.11 Å². The minimum Gasteiger partial charge on any atom is -0.391 e. The highest BCUT2D eigenvalue weighted by atomic mass is 16.3. The lowest BCUT2D eigenvalue weighted by molar-refractivity contribution is -0.0438. The summed E-state index contributed by atoms with van der Waals surface area (Å²) in [6, 6.07) is 0. The van der Waals surface area contributed by atoms with Crippen LogP contribution in [0.2, 0.25) is 0 Å². The second-order valence-corrected chi connectivity index (χ2v) is 6.72. The fraction of sp³-hybridized carbons (Fsp3) is 1.00. The molecule has 2 heteroatoms. The van der Waals surface area contributed by atoms with E-state index < -0.39 is 0 Å². The summed E-state index contributed by atoms with van der Waals surface area (Å²) in [6.45, 7) is 2.34. The molecule has 0 spiro atoms. The third-order valence-electron chi connectivity index (χ3n) is 5.20. The van der Waals surface area contributed by atoms with Gasteiger partial charge >= 0.3 is 0 Å². The predicted molar refractivity (Wildman–Crippen MR) is 72.0 cm³/mol. The minimum atomic E-state index is -0.120. The van der Waals surface area contributed by atoms with Crippen LogP contribution in [0.25, 0.3) is 0 Å². The maximum atomic E-state index is 10.6. The van der Waals surface area contributed by atoms with Gasteiger partial charge in [0.15, 0.2) is 0 Å². The highest BCUT2D eigenvalue weighted by Gasteiger charge is 2.42. The van der Waals surface area contributed by atoms with Crippen LogP contribution >= 0.6 is 0 Å². The minimum absolute atomic E-state index is 0.0708. The summed E-state index contributed by atoms with van der Waals surface area (Å²) in [5, 5.41) is 10.6. The molecule has 0 radical (unpaired) electrons. The van der Waals surface area contributed by atoms with Crippen molar-refractivity contribution in [2.75, 3.05) is 14.1 Å². The van der Waals surface area contributed by atoms with Gasteiger partial charge in [-0.25, -0.2) is 0 Å². The molecule has 1 atom stereocenters. The van der Waals surface area contributed by atoms with Crippen LogP contribution in [0, 0.1) is 11.8 Å². The lowest BCUT2D eigenvalue weighted by atomic mass is 9.72. The summed E-state index contributed by atoms with van der Waals surface area (Å²) < 4.78 is 0. The predicted octanol–water partition coefficient (Wildman–Crippen LogP) is 3.05. The zero-order valence-electron chi connectivity index (χ0n) is 11.8. The number of likely N-dealkylation sites (N-methyl/N-ethyl adjacent to an activating group) is 1. The van der Waals surface area contributed by atoms with Crippen molar-refractivity contribution >= 4 is 0 Å². The Morgan fingerprint density at radius 1 is 1.18 bits per heavy atom. The Kier molecular flexibility index (Phi) is 4.14. The van der Waals surface area contributed by atoms with Gasteiger partial charge in [0.05, 0.1) is 6.10 Å². The van der Waals surface area contributed by atoms with Crippen molar-refractivity contribution in [3.05, 3.63) is 0 Å². The van der Waals surface area contributed by atoms with Crippen LogP contribution < -0.4 is 0 Å². The first-order valence-electron chi connectivity index (χ1n) is 7.40. The summed E-state index contributed by atoms with van der Waals surface area (Å²) >= 11 is 0. The number of aliphatic hydroxyl groups is 1. The Balaban J connectivity index is 1.94. The van der Waals surface area contributed by atoms with E-state index in [-0.39, 0.29) is 11.6 Å². The third-order valence-corrected chi connectivity index (χ3v) is 5.20. The first kappa shape index (κ1) is 13.4. The van der Waals surface area contributed by atoms with Gasteiger partial charge in [0.2, 0.25) is 0 Å². The van der Waals surface area contributed by atoms with Gasteiger partial charge in [-0.05, 0) is 64.5 Å². The van der Waals surface area contributed by atoms with Crippen molar-refractivity contribution in [3.63, 3.8) is 0 Å². The SMILES string of the molecule is CC1CCC(C(O)CCC2CC2)(N(C)C)CC1. The standard InChI is InChI=1S/C15H29NO/c1-12-8-10-15(11-9-12,16(2)3)14(17)7-6-13-4-5-13/h12-14,17H,4-11H2,1-3H3. The number of hydrogen-bond donors (Lipinski definition) is 1. The monoisotopic (exact) mass is 239 g/mol. The Labute approximate surface area is 106 Å². The highest BCUT2D eigenvalue weighted by Crippen LogP contribution is 2.41. The third kappa shape index (κ3) is 3.03. The molecule has 0 bridgehead atoms. The molecule has 2 aliphatic rings. The molecule has 2 saturated carbocycles. The van der Waals surface area contributed by atoms with Crippen molar-refractivity contribution in [2.24, 2.45) is 11.8 Å². The van der Waals surface area contributed by atoms with Crippen LogP contribution in [0.4, 0.5) is 0 Å². The van der Waals surface area contributed by atoms with E-state index in [4.69, 9.17) is 0 Å². The van der Waals surface area contributed by atoms with E-state index in [1.807, 2.05) is 0 Å². The Morgan fingerprint density at radius 2 is 1.76 bits per heavy atom. The molecule has 2 fully saturated rings.